The summed E-state index contributed by atoms with van der Waals surface area (Å²) in [7, 11) is 0. The van der Waals surface area contributed by atoms with E-state index in [1.807, 2.05) is 19.1 Å². The van der Waals surface area contributed by atoms with Crippen LogP contribution < -0.4 is 16.4 Å². The second-order valence-corrected chi connectivity index (χ2v) is 4.92. The maximum Gasteiger partial charge on any atom is 0.224 e. The molecule has 1 aromatic carbocycles. The fourth-order valence-corrected chi connectivity index (χ4v) is 1.84. The van der Waals surface area contributed by atoms with Crippen LogP contribution in [0.15, 0.2) is 18.2 Å². The second kappa shape index (κ2) is 10.0. The van der Waals surface area contributed by atoms with Gasteiger partial charge in [-0.25, -0.2) is 0 Å². The Morgan fingerprint density at radius 1 is 1.19 bits per heavy atom. The normalized spacial score (nSPS) is 9.62. The number of carbonyl (C=O) groups is 2. The molecule has 1 aromatic rings. The maximum atomic E-state index is 11.8. The number of unbranched alkanes of at least 4 members (excludes halogenated alkanes) is 2. The molecular weight excluding hydrogens is 290 g/mol. The zero-order valence-electron chi connectivity index (χ0n) is 12.6. The Labute approximate surface area is 132 Å². The molecule has 0 aliphatic heterocycles. The van der Waals surface area contributed by atoms with Crippen LogP contribution in [0.3, 0.4) is 0 Å². The van der Waals surface area contributed by atoms with E-state index < -0.39 is 0 Å². The van der Waals surface area contributed by atoms with E-state index in [-0.39, 0.29) is 24.2 Å². The predicted molar refractivity (Wildman–Crippen MR) is 88.6 cm³/mol. The van der Waals surface area contributed by atoms with Gasteiger partial charge in [-0.15, -0.1) is 12.4 Å². The number of hydrogen-bond acceptors (Lipinski definition) is 3. The number of nitrogen functional groups attached to an aromatic ring is 1. The standard InChI is InChI=1S/C15H23N3O2.ClH/c1-11-7-8-13(16)10-14(11)18-15(20)6-4-3-5-9-17-12(2)19;/h7-8,10H,3-6,9,16H2,1-2H3,(H,17,19)(H,18,20);1H. The summed E-state index contributed by atoms with van der Waals surface area (Å²) in [6.07, 6.45) is 3.11. The highest BCUT2D eigenvalue weighted by Gasteiger charge is 2.05. The number of carbonyl (C=O) groups excluding carboxylic acids is 2. The number of hydrogen-bond donors (Lipinski definition) is 3. The van der Waals surface area contributed by atoms with Crippen LogP contribution in [0, 0.1) is 6.92 Å². The number of amides is 2. The molecule has 6 heteroatoms. The van der Waals surface area contributed by atoms with Gasteiger partial charge in [-0.05, 0) is 37.5 Å². The molecule has 0 unspecified atom stereocenters. The zero-order valence-corrected chi connectivity index (χ0v) is 13.4. The van der Waals surface area contributed by atoms with E-state index in [0.29, 0.717) is 18.7 Å². The molecule has 0 saturated carbocycles. The van der Waals surface area contributed by atoms with Crippen LogP contribution in [0.4, 0.5) is 11.4 Å². The lowest BCUT2D eigenvalue weighted by Crippen LogP contribution is -2.20. The van der Waals surface area contributed by atoms with Crippen LogP contribution in [0.2, 0.25) is 0 Å². The molecule has 0 fully saturated rings. The lowest BCUT2D eigenvalue weighted by molar-refractivity contribution is -0.119. The number of nitrogens with two attached hydrogens (primary N) is 1. The summed E-state index contributed by atoms with van der Waals surface area (Å²) in [6, 6.07) is 5.47. The van der Waals surface area contributed by atoms with Gasteiger partial charge in [0.15, 0.2) is 0 Å². The molecule has 0 heterocycles. The molecule has 0 aliphatic rings. The van der Waals surface area contributed by atoms with Crippen molar-refractivity contribution in [3.8, 4) is 0 Å². The Morgan fingerprint density at radius 2 is 1.90 bits per heavy atom. The van der Waals surface area contributed by atoms with Gasteiger partial charge in [0.1, 0.15) is 0 Å². The largest absolute Gasteiger partial charge is 0.399 e. The average molecular weight is 314 g/mol. The van der Waals surface area contributed by atoms with E-state index in [1.54, 1.807) is 6.07 Å². The van der Waals surface area contributed by atoms with Gasteiger partial charge in [0, 0.05) is 31.3 Å². The third kappa shape index (κ3) is 8.19. The first kappa shape index (κ1) is 19.2. The molecule has 1 rings (SSSR count). The highest BCUT2D eigenvalue weighted by atomic mass is 35.5. The van der Waals surface area contributed by atoms with Gasteiger partial charge in [-0.2, -0.15) is 0 Å². The Kier molecular flexibility index (Phi) is 9.21. The fraction of sp³-hybridized carbons (Fsp3) is 0.467. The lowest BCUT2D eigenvalue weighted by atomic mass is 10.1. The van der Waals surface area contributed by atoms with Gasteiger partial charge in [-0.1, -0.05) is 12.5 Å². The van der Waals surface area contributed by atoms with E-state index in [0.717, 1.165) is 30.5 Å². The average Bonchev–Trinajstić information content (AvgIpc) is 2.37. The molecule has 0 radical (unpaired) electrons. The van der Waals surface area contributed by atoms with E-state index >= 15 is 0 Å². The number of benzene rings is 1. The molecule has 5 nitrogen and oxygen atoms in total. The van der Waals surface area contributed by atoms with Gasteiger partial charge in [0.25, 0.3) is 0 Å². The molecule has 0 aromatic heterocycles. The second-order valence-electron chi connectivity index (χ2n) is 4.92. The summed E-state index contributed by atoms with van der Waals surface area (Å²) in [4.78, 5) is 22.5. The number of anilines is 2. The van der Waals surface area contributed by atoms with Crippen LogP contribution in [-0.2, 0) is 9.59 Å². The van der Waals surface area contributed by atoms with Gasteiger partial charge < -0.3 is 16.4 Å². The summed E-state index contributed by atoms with van der Waals surface area (Å²) in [5.41, 5.74) is 8.11. The topological polar surface area (TPSA) is 84.2 Å². The highest BCUT2D eigenvalue weighted by molar-refractivity contribution is 5.91. The molecule has 0 atom stereocenters. The Hall–Kier alpha value is -1.75. The molecule has 0 spiro atoms. The molecule has 4 N–H and O–H groups in total. The molecule has 0 aliphatic carbocycles. The summed E-state index contributed by atoms with van der Waals surface area (Å²) in [5, 5.41) is 5.61. The summed E-state index contributed by atoms with van der Waals surface area (Å²) >= 11 is 0. The van der Waals surface area contributed by atoms with Gasteiger partial charge in [0.05, 0.1) is 0 Å². The predicted octanol–water partition coefficient (Wildman–Crippen LogP) is 2.63. The van der Waals surface area contributed by atoms with E-state index in [1.165, 1.54) is 6.92 Å². The van der Waals surface area contributed by atoms with Gasteiger partial charge in [-0.3, -0.25) is 9.59 Å². The van der Waals surface area contributed by atoms with Crippen LogP contribution in [0.25, 0.3) is 0 Å². The molecule has 0 bridgehead atoms. The molecular formula is C15H24ClN3O2. The van der Waals surface area contributed by atoms with Crippen molar-refractivity contribution in [1.82, 2.24) is 5.32 Å². The molecule has 2 amide bonds. The minimum absolute atomic E-state index is 0. The fourth-order valence-electron chi connectivity index (χ4n) is 1.84. The van der Waals surface area contributed by atoms with Crippen LogP contribution >= 0.6 is 12.4 Å². The van der Waals surface area contributed by atoms with Crippen LogP contribution in [0.5, 0.6) is 0 Å². The van der Waals surface area contributed by atoms with Crippen molar-refractivity contribution in [1.29, 1.82) is 0 Å². The van der Waals surface area contributed by atoms with E-state index in [4.69, 9.17) is 5.73 Å². The summed E-state index contributed by atoms with van der Waals surface area (Å²) < 4.78 is 0. The molecule has 0 saturated heterocycles. The van der Waals surface area contributed by atoms with Gasteiger partial charge >= 0.3 is 0 Å². The van der Waals surface area contributed by atoms with Crippen molar-refractivity contribution < 1.29 is 9.59 Å². The lowest BCUT2D eigenvalue weighted by Gasteiger charge is -2.09. The third-order valence-corrected chi connectivity index (χ3v) is 2.99. The SMILES string of the molecule is CC(=O)NCCCCCC(=O)Nc1cc(N)ccc1C.Cl. The maximum absolute atomic E-state index is 11.8. The Morgan fingerprint density at radius 3 is 2.57 bits per heavy atom. The minimum Gasteiger partial charge on any atom is -0.399 e. The summed E-state index contributed by atoms with van der Waals surface area (Å²) in [5.74, 6) is -0.0156. The number of nitrogens with one attached hydrogen (secondary N) is 2. The highest BCUT2D eigenvalue weighted by Crippen LogP contribution is 2.18. The van der Waals surface area contributed by atoms with Crippen molar-refractivity contribution >= 4 is 35.6 Å². The zero-order chi connectivity index (χ0) is 15.0. The Bertz CT molecular complexity index is 478. The Balaban J connectivity index is 0.00000400. The first-order chi connectivity index (χ1) is 9.49. The summed E-state index contributed by atoms with van der Waals surface area (Å²) in [6.45, 7) is 4.11. The monoisotopic (exact) mass is 313 g/mol. The van der Waals surface area contributed by atoms with E-state index in [2.05, 4.69) is 10.6 Å². The van der Waals surface area contributed by atoms with Gasteiger partial charge in [0.2, 0.25) is 11.8 Å². The van der Waals surface area contributed by atoms with Crippen LogP contribution in [-0.4, -0.2) is 18.4 Å². The third-order valence-electron chi connectivity index (χ3n) is 2.99. The number of halogens is 1. The van der Waals surface area contributed by atoms with Crippen molar-refractivity contribution in [2.75, 3.05) is 17.6 Å². The van der Waals surface area contributed by atoms with Crippen LogP contribution in [0.1, 0.15) is 38.2 Å². The van der Waals surface area contributed by atoms with Crippen molar-refractivity contribution in [2.45, 2.75) is 39.5 Å². The smallest absolute Gasteiger partial charge is 0.224 e. The first-order valence-electron chi connectivity index (χ1n) is 6.89. The quantitative estimate of drug-likeness (QED) is 0.534. The first-order valence-corrected chi connectivity index (χ1v) is 6.89. The van der Waals surface area contributed by atoms with E-state index in [9.17, 15) is 9.59 Å². The van der Waals surface area contributed by atoms with Crippen molar-refractivity contribution in [3.05, 3.63) is 23.8 Å². The minimum atomic E-state index is -0.0140. The number of rotatable bonds is 7. The molecule has 118 valence electrons. The molecule has 21 heavy (non-hydrogen) atoms. The number of aryl methyl sites for hydroxylation is 1. The van der Waals surface area contributed by atoms with Crippen molar-refractivity contribution in [3.63, 3.8) is 0 Å². The van der Waals surface area contributed by atoms with Crippen molar-refractivity contribution in [2.24, 2.45) is 0 Å².